The Morgan fingerprint density at radius 2 is 1.92 bits per heavy atom. The fourth-order valence-electron chi connectivity index (χ4n) is 3.24. The van der Waals surface area contributed by atoms with Crippen LogP contribution in [-0.4, -0.2) is 31.3 Å². The lowest BCUT2D eigenvalue weighted by Gasteiger charge is -2.35. The molecule has 2 heterocycles. The van der Waals surface area contributed by atoms with Gasteiger partial charge in [0.15, 0.2) is 0 Å². The Kier molecular flexibility index (Phi) is 4.87. The standard InChI is InChI=1S/C18H23N3O2S/c1-14-8-10-15(11-9-14)24(22,23)21-13-4-3-7-17(21)16-6-5-12-20-18(16)19-2/h5-6,8-12,17H,3-4,7,13H2,1-2H3,(H,19,20)/t17-/m0/s1. The molecule has 0 amide bonds. The van der Waals surface area contributed by atoms with Crippen molar-refractivity contribution in [3.05, 3.63) is 53.7 Å². The number of nitrogens with one attached hydrogen (secondary N) is 1. The van der Waals surface area contributed by atoms with Crippen molar-refractivity contribution in [2.24, 2.45) is 0 Å². The maximum atomic E-state index is 13.2. The number of piperidine rings is 1. The summed E-state index contributed by atoms with van der Waals surface area (Å²) in [5, 5.41) is 3.08. The molecule has 1 aliphatic rings. The third-order valence-electron chi connectivity index (χ3n) is 4.52. The van der Waals surface area contributed by atoms with Gasteiger partial charge in [0, 0.05) is 25.4 Å². The molecule has 6 heteroatoms. The molecule has 1 saturated heterocycles. The summed E-state index contributed by atoms with van der Waals surface area (Å²) in [6, 6.07) is 10.7. The highest BCUT2D eigenvalue weighted by Crippen LogP contribution is 2.37. The number of benzene rings is 1. The Bertz CT molecular complexity index is 803. The number of aromatic nitrogens is 1. The Hall–Kier alpha value is -1.92. The Morgan fingerprint density at radius 3 is 2.62 bits per heavy atom. The summed E-state index contributed by atoms with van der Waals surface area (Å²) >= 11 is 0. The zero-order valence-corrected chi connectivity index (χ0v) is 14.9. The first-order valence-electron chi connectivity index (χ1n) is 8.25. The smallest absolute Gasteiger partial charge is 0.243 e. The predicted molar refractivity (Wildman–Crippen MR) is 95.4 cm³/mol. The van der Waals surface area contributed by atoms with Crippen molar-refractivity contribution in [1.29, 1.82) is 0 Å². The van der Waals surface area contributed by atoms with Crippen LogP contribution in [0.2, 0.25) is 0 Å². The number of pyridine rings is 1. The Labute approximate surface area is 143 Å². The first-order valence-corrected chi connectivity index (χ1v) is 9.69. The molecule has 24 heavy (non-hydrogen) atoms. The topological polar surface area (TPSA) is 62.3 Å². The van der Waals surface area contributed by atoms with Crippen molar-refractivity contribution in [2.75, 3.05) is 18.9 Å². The largest absolute Gasteiger partial charge is 0.373 e. The van der Waals surface area contributed by atoms with Crippen LogP contribution in [0.4, 0.5) is 5.82 Å². The van der Waals surface area contributed by atoms with Crippen molar-refractivity contribution in [3.8, 4) is 0 Å². The van der Waals surface area contributed by atoms with Crippen molar-refractivity contribution < 1.29 is 8.42 Å². The van der Waals surface area contributed by atoms with Crippen LogP contribution in [0.1, 0.15) is 36.4 Å². The number of sulfonamides is 1. The summed E-state index contributed by atoms with van der Waals surface area (Å²) in [4.78, 5) is 4.70. The van der Waals surface area contributed by atoms with Gasteiger partial charge in [0.25, 0.3) is 0 Å². The van der Waals surface area contributed by atoms with E-state index in [0.717, 1.165) is 36.2 Å². The summed E-state index contributed by atoms with van der Waals surface area (Å²) in [6.07, 6.45) is 4.43. The summed E-state index contributed by atoms with van der Waals surface area (Å²) in [7, 11) is -1.71. The van der Waals surface area contributed by atoms with E-state index < -0.39 is 10.0 Å². The maximum Gasteiger partial charge on any atom is 0.243 e. The summed E-state index contributed by atoms with van der Waals surface area (Å²) in [5.74, 6) is 0.744. The number of anilines is 1. The van der Waals surface area contributed by atoms with Gasteiger partial charge >= 0.3 is 0 Å². The van der Waals surface area contributed by atoms with Crippen LogP contribution in [-0.2, 0) is 10.0 Å². The van der Waals surface area contributed by atoms with Gasteiger partial charge in [-0.3, -0.25) is 0 Å². The minimum Gasteiger partial charge on any atom is -0.373 e. The number of hydrogen-bond donors (Lipinski definition) is 1. The molecule has 1 atom stereocenters. The summed E-state index contributed by atoms with van der Waals surface area (Å²) in [5.41, 5.74) is 1.99. The van der Waals surface area contributed by atoms with E-state index in [0.29, 0.717) is 11.4 Å². The molecular weight excluding hydrogens is 322 g/mol. The van der Waals surface area contributed by atoms with Crippen LogP contribution >= 0.6 is 0 Å². The van der Waals surface area contributed by atoms with E-state index >= 15 is 0 Å². The van der Waals surface area contributed by atoms with E-state index in [-0.39, 0.29) is 6.04 Å². The Balaban J connectivity index is 2.02. The van der Waals surface area contributed by atoms with Gasteiger partial charge in [-0.05, 0) is 38.0 Å². The highest BCUT2D eigenvalue weighted by Gasteiger charge is 2.35. The third-order valence-corrected chi connectivity index (χ3v) is 6.44. The van der Waals surface area contributed by atoms with Crippen molar-refractivity contribution >= 4 is 15.8 Å². The second kappa shape index (κ2) is 6.91. The molecule has 1 fully saturated rings. The molecule has 3 rings (SSSR count). The Morgan fingerprint density at radius 1 is 1.17 bits per heavy atom. The first-order chi connectivity index (χ1) is 11.5. The zero-order chi connectivity index (χ0) is 17.2. The highest BCUT2D eigenvalue weighted by molar-refractivity contribution is 7.89. The minimum atomic E-state index is -3.52. The van der Waals surface area contributed by atoms with E-state index in [1.54, 1.807) is 22.6 Å². The van der Waals surface area contributed by atoms with Gasteiger partial charge in [-0.2, -0.15) is 4.31 Å². The lowest BCUT2D eigenvalue weighted by Crippen LogP contribution is -2.38. The molecule has 5 nitrogen and oxygen atoms in total. The molecule has 128 valence electrons. The molecule has 1 aromatic carbocycles. The molecule has 0 bridgehead atoms. The quantitative estimate of drug-likeness (QED) is 0.923. The van der Waals surface area contributed by atoms with E-state index in [4.69, 9.17) is 0 Å². The lowest BCUT2D eigenvalue weighted by atomic mass is 9.98. The van der Waals surface area contributed by atoms with E-state index in [1.807, 2.05) is 38.2 Å². The molecule has 0 spiro atoms. The van der Waals surface area contributed by atoms with Crippen molar-refractivity contribution in [3.63, 3.8) is 0 Å². The van der Waals surface area contributed by atoms with Crippen LogP contribution < -0.4 is 5.32 Å². The molecule has 2 aromatic rings. The van der Waals surface area contributed by atoms with E-state index in [9.17, 15) is 8.42 Å². The van der Waals surface area contributed by atoms with Gasteiger partial charge in [-0.1, -0.05) is 30.2 Å². The monoisotopic (exact) mass is 345 g/mol. The van der Waals surface area contributed by atoms with Crippen molar-refractivity contribution in [1.82, 2.24) is 9.29 Å². The van der Waals surface area contributed by atoms with Gasteiger partial charge < -0.3 is 5.32 Å². The normalized spacial score (nSPS) is 19.2. The average molecular weight is 345 g/mol. The van der Waals surface area contributed by atoms with Crippen LogP contribution in [0.5, 0.6) is 0 Å². The molecular formula is C18H23N3O2S. The second-order valence-corrected chi connectivity index (χ2v) is 8.02. The molecule has 0 aliphatic carbocycles. The molecule has 1 aromatic heterocycles. The fourth-order valence-corrected chi connectivity index (χ4v) is 4.92. The molecule has 1 N–H and O–H groups in total. The lowest BCUT2D eigenvalue weighted by molar-refractivity contribution is 0.256. The molecule has 0 saturated carbocycles. The maximum absolute atomic E-state index is 13.2. The van der Waals surface area contributed by atoms with Crippen LogP contribution in [0, 0.1) is 6.92 Å². The third kappa shape index (κ3) is 3.16. The van der Waals surface area contributed by atoms with Crippen LogP contribution in [0.15, 0.2) is 47.5 Å². The first kappa shape index (κ1) is 16.9. The van der Waals surface area contributed by atoms with Gasteiger partial charge in [0.2, 0.25) is 10.0 Å². The van der Waals surface area contributed by atoms with Gasteiger partial charge in [0.05, 0.1) is 10.9 Å². The average Bonchev–Trinajstić information content (AvgIpc) is 2.62. The molecule has 1 aliphatic heterocycles. The van der Waals surface area contributed by atoms with E-state index in [2.05, 4.69) is 10.3 Å². The number of aryl methyl sites for hydroxylation is 1. The second-order valence-electron chi connectivity index (χ2n) is 6.13. The predicted octanol–water partition coefficient (Wildman–Crippen LogP) is 3.35. The fraction of sp³-hybridized carbons (Fsp3) is 0.389. The zero-order valence-electron chi connectivity index (χ0n) is 14.1. The number of rotatable bonds is 4. The van der Waals surface area contributed by atoms with Crippen molar-refractivity contribution in [2.45, 2.75) is 37.1 Å². The highest BCUT2D eigenvalue weighted by atomic mass is 32.2. The van der Waals surface area contributed by atoms with Gasteiger partial charge in [-0.15, -0.1) is 0 Å². The number of nitrogens with zero attached hydrogens (tertiary/aromatic N) is 2. The van der Waals surface area contributed by atoms with Crippen LogP contribution in [0.25, 0.3) is 0 Å². The molecule has 0 unspecified atom stereocenters. The minimum absolute atomic E-state index is 0.179. The van der Waals surface area contributed by atoms with Gasteiger partial charge in [0.1, 0.15) is 5.82 Å². The van der Waals surface area contributed by atoms with Gasteiger partial charge in [-0.25, -0.2) is 13.4 Å². The van der Waals surface area contributed by atoms with Crippen LogP contribution in [0.3, 0.4) is 0 Å². The SMILES string of the molecule is CNc1ncccc1[C@@H]1CCCCN1S(=O)(=O)c1ccc(C)cc1. The summed E-state index contributed by atoms with van der Waals surface area (Å²) < 4.78 is 28.0. The summed E-state index contributed by atoms with van der Waals surface area (Å²) in [6.45, 7) is 2.49. The number of hydrogen-bond acceptors (Lipinski definition) is 4. The van der Waals surface area contributed by atoms with E-state index in [1.165, 1.54) is 0 Å². The molecule has 0 radical (unpaired) electrons.